The zero-order chi connectivity index (χ0) is 21.9. The number of amides is 1. The molecule has 7 nitrogen and oxygen atoms in total. The number of carbonyl (C=O) groups excluding carboxylic acids is 1. The number of rotatable bonds is 8. The highest BCUT2D eigenvalue weighted by Gasteiger charge is 2.26. The van der Waals surface area contributed by atoms with Crippen molar-refractivity contribution in [3.05, 3.63) is 48.0 Å². The van der Waals surface area contributed by atoms with E-state index in [-0.39, 0.29) is 4.90 Å². The number of ether oxygens (including phenoxy) is 1. The molecule has 2 aromatic carbocycles. The smallest absolute Gasteiger partial charge is 0.244 e. The van der Waals surface area contributed by atoms with E-state index in [0.29, 0.717) is 24.0 Å². The number of hydrogen-bond donors (Lipinski definition) is 0. The number of aryl methyl sites for hydroxylation is 1. The third-order valence-electron chi connectivity index (χ3n) is 4.58. The summed E-state index contributed by atoms with van der Waals surface area (Å²) < 4.78 is 31.7. The third-order valence-corrected chi connectivity index (χ3v) is 7.24. The fourth-order valence-electron chi connectivity index (χ4n) is 2.83. The highest BCUT2D eigenvalue weighted by Crippen LogP contribution is 2.31. The second kappa shape index (κ2) is 9.11. The van der Waals surface area contributed by atoms with E-state index >= 15 is 0 Å². The van der Waals surface area contributed by atoms with Gasteiger partial charge in [-0.15, -0.1) is 0 Å². The molecule has 9 heteroatoms. The van der Waals surface area contributed by atoms with Crippen molar-refractivity contribution in [2.24, 2.45) is 0 Å². The molecule has 1 aromatic heterocycles. The molecule has 3 rings (SSSR count). The Labute approximate surface area is 180 Å². The second-order valence-electron chi connectivity index (χ2n) is 7.25. The molecule has 1 heterocycles. The predicted octanol–water partition coefficient (Wildman–Crippen LogP) is 2.98. The van der Waals surface area contributed by atoms with Crippen molar-refractivity contribution in [1.29, 1.82) is 0 Å². The van der Waals surface area contributed by atoms with Crippen LogP contribution in [0.5, 0.6) is 5.75 Å². The number of hydrogen-bond acceptors (Lipinski definition) is 7. The molecule has 0 aliphatic rings. The normalized spacial score (nSPS) is 11.8. The first-order chi connectivity index (χ1) is 14.2. The number of methoxy groups -OCH3 is 1. The number of benzene rings is 2. The van der Waals surface area contributed by atoms with Crippen LogP contribution in [0.3, 0.4) is 0 Å². The van der Waals surface area contributed by atoms with Crippen molar-refractivity contribution in [2.45, 2.75) is 11.8 Å². The van der Waals surface area contributed by atoms with Crippen molar-refractivity contribution >= 4 is 42.4 Å². The first-order valence-corrected chi connectivity index (χ1v) is 11.9. The molecule has 0 fully saturated rings. The van der Waals surface area contributed by atoms with Gasteiger partial charge in [-0.25, -0.2) is 13.4 Å². The quantitative estimate of drug-likeness (QED) is 0.528. The van der Waals surface area contributed by atoms with Gasteiger partial charge in [-0.1, -0.05) is 29.0 Å². The molecule has 0 saturated carbocycles. The fraction of sp³-hybridized carbons (Fsp3) is 0.333. The summed E-state index contributed by atoms with van der Waals surface area (Å²) in [5.41, 5.74) is 1.69. The second-order valence-corrected chi connectivity index (χ2v) is 10.2. The number of aromatic nitrogens is 1. The number of nitrogens with zero attached hydrogens (tertiary/aromatic N) is 3. The molecule has 0 aliphatic carbocycles. The first kappa shape index (κ1) is 22.2. The molecule has 1 amide bonds. The van der Waals surface area contributed by atoms with E-state index in [1.807, 2.05) is 38.1 Å². The summed E-state index contributed by atoms with van der Waals surface area (Å²) >= 11 is 1.34. The summed E-state index contributed by atoms with van der Waals surface area (Å²) in [7, 11) is 1.63. The topological polar surface area (TPSA) is 79.8 Å². The summed E-state index contributed by atoms with van der Waals surface area (Å²) in [6, 6.07) is 12.0. The van der Waals surface area contributed by atoms with E-state index in [4.69, 9.17) is 4.74 Å². The summed E-state index contributed by atoms with van der Waals surface area (Å²) in [4.78, 5) is 21.2. The summed E-state index contributed by atoms with van der Waals surface area (Å²) in [5, 5.41) is 0.476. The van der Waals surface area contributed by atoms with Crippen LogP contribution in [0.1, 0.15) is 5.56 Å². The monoisotopic (exact) mass is 447 g/mol. The first-order valence-electron chi connectivity index (χ1n) is 9.39. The molecule has 0 bridgehead atoms. The zero-order valence-electron chi connectivity index (χ0n) is 17.5. The molecular weight excluding hydrogens is 422 g/mol. The standard InChI is InChI=1S/C21H25N3O4S2/c1-15-5-8-17(9-6-15)30(26,27)14-20(25)24(12-11-23(2)3)21-22-18-10-7-16(28-4)13-19(18)29-21/h5-10,13H,11-12,14H2,1-4H3. The highest BCUT2D eigenvalue weighted by molar-refractivity contribution is 7.92. The molecular formula is C21H25N3O4S2. The molecule has 30 heavy (non-hydrogen) atoms. The van der Waals surface area contributed by atoms with Crippen LogP contribution in [0.4, 0.5) is 5.13 Å². The Bertz CT molecular complexity index is 1140. The summed E-state index contributed by atoms with van der Waals surface area (Å²) in [6.07, 6.45) is 0. The lowest BCUT2D eigenvalue weighted by atomic mass is 10.2. The van der Waals surface area contributed by atoms with Gasteiger partial charge in [0.2, 0.25) is 5.91 Å². The minimum Gasteiger partial charge on any atom is -0.497 e. The molecule has 0 N–H and O–H groups in total. The van der Waals surface area contributed by atoms with Crippen molar-refractivity contribution < 1.29 is 17.9 Å². The number of likely N-dealkylation sites (N-methyl/N-ethyl adjacent to an activating group) is 1. The molecule has 0 radical (unpaired) electrons. The SMILES string of the molecule is COc1ccc2nc(N(CCN(C)C)C(=O)CS(=O)(=O)c3ccc(C)cc3)sc2c1. The number of fused-ring (bicyclic) bond motifs is 1. The van der Waals surface area contributed by atoms with Crippen LogP contribution in [0, 0.1) is 6.92 Å². The summed E-state index contributed by atoms with van der Waals surface area (Å²) in [6.45, 7) is 2.80. The van der Waals surface area contributed by atoms with Gasteiger partial charge in [-0.05, 0) is 51.4 Å². The maximum Gasteiger partial charge on any atom is 0.244 e. The number of carbonyl (C=O) groups is 1. The Morgan fingerprint density at radius 1 is 1.10 bits per heavy atom. The molecule has 0 aliphatic heterocycles. The third kappa shape index (κ3) is 5.16. The Kier molecular flexibility index (Phi) is 6.74. The Balaban J connectivity index is 1.91. The van der Waals surface area contributed by atoms with Crippen molar-refractivity contribution in [3.8, 4) is 5.75 Å². The van der Waals surface area contributed by atoms with Gasteiger partial charge in [-0.3, -0.25) is 9.69 Å². The maximum absolute atomic E-state index is 13.1. The lowest BCUT2D eigenvalue weighted by Gasteiger charge is -2.22. The maximum atomic E-state index is 13.1. The largest absolute Gasteiger partial charge is 0.497 e. The van der Waals surface area contributed by atoms with Gasteiger partial charge in [0.05, 0.1) is 22.2 Å². The van der Waals surface area contributed by atoms with Gasteiger partial charge < -0.3 is 9.64 Å². The molecule has 0 saturated heterocycles. The fourth-order valence-corrected chi connectivity index (χ4v) is 5.07. The van der Waals surface area contributed by atoms with E-state index in [0.717, 1.165) is 15.8 Å². The van der Waals surface area contributed by atoms with Gasteiger partial charge in [0.25, 0.3) is 0 Å². The predicted molar refractivity (Wildman–Crippen MR) is 120 cm³/mol. The Morgan fingerprint density at radius 3 is 2.43 bits per heavy atom. The van der Waals surface area contributed by atoms with Crippen LogP contribution in [0.25, 0.3) is 10.2 Å². The van der Waals surface area contributed by atoms with E-state index in [1.165, 1.54) is 28.4 Å². The van der Waals surface area contributed by atoms with Crippen molar-refractivity contribution in [2.75, 3.05) is 44.9 Å². The van der Waals surface area contributed by atoms with Crippen LogP contribution < -0.4 is 9.64 Å². The number of thiazole rings is 1. The minimum absolute atomic E-state index is 0.142. The van der Waals surface area contributed by atoms with Gasteiger partial charge in [0.1, 0.15) is 11.5 Å². The zero-order valence-corrected chi connectivity index (χ0v) is 19.1. The van der Waals surface area contributed by atoms with Crippen LogP contribution in [0.2, 0.25) is 0 Å². The minimum atomic E-state index is -3.76. The van der Waals surface area contributed by atoms with Crippen LogP contribution in [-0.4, -0.2) is 64.3 Å². The number of anilines is 1. The average molecular weight is 448 g/mol. The molecule has 3 aromatic rings. The van der Waals surface area contributed by atoms with E-state index < -0.39 is 21.5 Å². The molecule has 0 unspecified atom stereocenters. The van der Waals surface area contributed by atoms with E-state index in [1.54, 1.807) is 25.3 Å². The Hall–Kier alpha value is -2.49. The highest BCUT2D eigenvalue weighted by atomic mass is 32.2. The van der Waals surface area contributed by atoms with Crippen LogP contribution in [0.15, 0.2) is 47.4 Å². The lowest BCUT2D eigenvalue weighted by molar-refractivity contribution is -0.116. The molecule has 160 valence electrons. The lowest BCUT2D eigenvalue weighted by Crippen LogP contribution is -2.40. The van der Waals surface area contributed by atoms with Crippen LogP contribution >= 0.6 is 11.3 Å². The summed E-state index contributed by atoms with van der Waals surface area (Å²) in [5.74, 6) is -0.405. The number of sulfone groups is 1. The van der Waals surface area contributed by atoms with Gasteiger partial charge in [0.15, 0.2) is 15.0 Å². The van der Waals surface area contributed by atoms with Gasteiger partial charge in [0, 0.05) is 13.1 Å². The van der Waals surface area contributed by atoms with E-state index in [9.17, 15) is 13.2 Å². The van der Waals surface area contributed by atoms with Crippen molar-refractivity contribution in [1.82, 2.24) is 9.88 Å². The van der Waals surface area contributed by atoms with Gasteiger partial charge in [-0.2, -0.15) is 0 Å². The van der Waals surface area contributed by atoms with Crippen LogP contribution in [-0.2, 0) is 14.6 Å². The average Bonchev–Trinajstić information content (AvgIpc) is 3.10. The van der Waals surface area contributed by atoms with Crippen molar-refractivity contribution in [3.63, 3.8) is 0 Å². The van der Waals surface area contributed by atoms with Gasteiger partial charge >= 0.3 is 0 Å². The van der Waals surface area contributed by atoms with E-state index in [2.05, 4.69) is 4.98 Å². The molecule has 0 spiro atoms. The Morgan fingerprint density at radius 2 is 1.80 bits per heavy atom. The molecule has 0 atom stereocenters.